The van der Waals surface area contributed by atoms with E-state index in [1.54, 1.807) is 0 Å². The summed E-state index contributed by atoms with van der Waals surface area (Å²) in [6, 6.07) is 3.84. The number of benzene rings is 1. The quantitative estimate of drug-likeness (QED) is 0.675. The second-order valence-electron chi connectivity index (χ2n) is 6.29. The van der Waals surface area contributed by atoms with Gasteiger partial charge in [-0.05, 0) is 37.5 Å². The van der Waals surface area contributed by atoms with Crippen LogP contribution in [-0.2, 0) is 11.6 Å². The van der Waals surface area contributed by atoms with E-state index in [9.17, 15) is 27.2 Å². The number of halogens is 4. The molecule has 0 aliphatic heterocycles. The van der Waals surface area contributed by atoms with Crippen molar-refractivity contribution in [3.05, 3.63) is 63.1 Å². The molecule has 8 heteroatoms. The number of rotatable bonds is 4. The van der Waals surface area contributed by atoms with E-state index in [1.807, 2.05) is 0 Å². The molecule has 2 aromatic rings. The van der Waals surface area contributed by atoms with Crippen molar-refractivity contribution in [2.24, 2.45) is 0 Å². The lowest BCUT2D eigenvalue weighted by Gasteiger charge is -2.16. The summed E-state index contributed by atoms with van der Waals surface area (Å²) in [6.07, 6.45) is -3.67. The van der Waals surface area contributed by atoms with Gasteiger partial charge in [-0.25, -0.2) is 9.37 Å². The van der Waals surface area contributed by atoms with Gasteiger partial charge in [0, 0.05) is 17.9 Å². The summed E-state index contributed by atoms with van der Waals surface area (Å²) < 4.78 is 51.8. The lowest BCUT2D eigenvalue weighted by Crippen LogP contribution is -2.19. The van der Waals surface area contributed by atoms with Crippen LogP contribution in [0.5, 0.6) is 0 Å². The summed E-state index contributed by atoms with van der Waals surface area (Å²) in [6.45, 7) is 1.54. The van der Waals surface area contributed by atoms with Gasteiger partial charge in [0.25, 0.3) is 5.56 Å². The summed E-state index contributed by atoms with van der Waals surface area (Å²) in [4.78, 5) is 30.2. The van der Waals surface area contributed by atoms with Crippen LogP contribution in [0.3, 0.4) is 0 Å². The largest absolute Gasteiger partial charge is 0.419 e. The average molecular weight is 354 g/mol. The number of Topliss-reactive ketones (excluding diaryl/α,β-unsaturated/α-hetero) is 1. The number of carbonyl (C=O) groups excluding carboxylic acids is 1. The molecule has 0 radical (unpaired) electrons. The lowest BCUT2D eigenvalue weighted by atomic mass is 9.89. The molecule has 1 N–H and O–H groups in total. The topological polar surface area (TPSA) is 62.8 Å². The van der Waals surface area contributed by atoms with Gasteiger partial charge in [-0.15, -0.1) is 0 Å². The minimum atomic E-state index is -4.76. The Bertz CT molecular complexity index is 898. The number of hydrogen-bond acceptors (Lipinski definition) is 3. The molecule has 0 saturated heterocycles. The van der Waals surface area contributed by atoms with Gasteiger partial charge in [-0.3, -0.25) is 9.59 Å². The Hall–Kier alpha value is -2.51. The molecule has 1 saturated carbocycles. The van der Waals surface area contributed by atoms with E-state index < -0.39 is 34.3 Å². The van der Waals surface area contributed by atoms with Crippen molar-refractivity contribution in [1.29, 1.82) is 0 Å². The SMILES string of the molecule is Cc1nc(C(=O)CC2(c3ccc(C(F)(F)F)c(F)c3)CC2)cc(=O)[nH]1. The number of nitrogens with zero attached hydrogens (tertiary/aromatic N) is 1. The molecule has 0 atom stereocenters. The highest BCUT2D eigenvalue weighted by Crippen LogP contribution is 2.52. The van der Waals surface area contributed by atoms with Crippen LogP contribution in [0.2, 0.25) is 0 Å². The maximum atomic E-state index is 13.8. The van der Waals surface area contributed by atoms with E-state index in [0.29, 0.717) is 30.3 Å². The molecule has 4 nitrogen and oxygen atoms in total. The van der Waals surface area contributed by atoms with Crippen LogP contribution >= 0.6 is 0 Å². The van der Waals surface area contributed by atoms with Crippen molar-refractivity contribution in [3.63, 3.8) is 0 Å². The number of aromatic amines is 1. The van der Waals surface area contributed by atoms with Crippen LogP contribution in [0, 0.1) is 12.7 Å². The first-order valence-corrected chi connectivity index (χ1v) is 7.59. The number of H-pyrrole nitrogens is 1. The van der Waals surface area contributed by atoms with Gasteiger partial charge in [0.1, 0.15) is 17.3 Å². The number of alkyl halides is 3. The van der Waals surface area contributed by atoms with Gasteiger partial charge >= 0.3 is 6.18 Å². The fraction of sp³-hybridized carbons (Fsp3) is 0.353. The maximum absolute atomic E-state index is 13.8. The van der Waals surface area contributed by atoms with E-state index in [0.717, 1.165) is 12.1 Å². The first kappa shape index (κ1) is 17.3. The number of aryl methyl sites for hydroxylation is 1. The van der Waals surface area contributed by atoms with Crippen LogP contribution in [0.25, 0.3) is 0 Å². The Kier molecular flexibility index (Phi) is 4.01. The Morgan fingerprint density at radius 3 is 2.48 bits per heavy atom. The molecule has 1 aromatic carbocycles. The molecule has 0 bridgehead atoms. The van der Waals surface area contributed by atoms with Crippen molar-refractivity contribution in [2.75, 3.05) is 0 Å². The number of aromatic nitrogens is 2. The van der Waals surface area contributed by atoms with Crippen molar-refractivity contribution >= 4 is 5.78 Å². The van der Waals surface area contributed by atoms with Crippen molar-refractivity contribution in [1.82, 2.24) is 9.97 Å². The first-order valence-electron chi connectivity index (χ1n) is 7.59. The number of hydrogen-bond donors (Lipinski definition) is 1. The number of ketones is 1. The molecular formula is C17H14F4N2O2. The van der Waals surface area contributed by atoms with Crippen LogP contribution < -0.4 is 5.56 Å². The minimum Gasteiger partial charge on any atom is -0.311 e. The zero-order chi connectivity index (χ0) is 18.4. The van der Waals surface area contributed by atoms with E-state index in [1.165, 1.54) is 13.0 Å². The highest BCUT2D eigenvalue weighted by atomic mass is 19.4. The number of nitrogens with one attached hydrogen (secondary N) is 1. The van der Waals surface area contributed by atoms with Gasteiger partial charge in [0.15, 0.2) is 5.78 Å². The smallest absolute Gasteiger partial charge is 0.311 e. The van der Waals surface area contributed by atoms with Crippen molar-refractivity contribution in [2.45, 2.75) is 37.8 Å². The third-order valence-corrected chi connectivity index (χ3v) is 4.39. The molecule has 0 spiro atoms. The van der Waals surface area contributed by atoms with Crippen molar-refractivity contribution < 1.29 is 22.4 Å². The zero-order valence-corrected chi connectivity index (χ0v) is 13.2. The first-order chi connectivity index (χ1) is 11.6. The Morgan fingerprint density at radius 2 is 1.96 bits per heavy atom. The average Bonchev–Trinajstić information content (AvgIpc) is 3.25. The molecule has 1 aliphatic rings. The predicted octanol–water partition coefficient (Wildman–Crippen LogP) is 3.54. The summed E-state index contributed by atoms with van der Waals surface area (Å²) in [5.74, 6) is -1.46. The van der Waals surface area contributed by atoms with E-state index in [2.05, 4.69) is 9.97 Å². The summed E-state index contributed by atoms with van der Waals surface area (Å²) >= 11 is 0. The Morgan fingerprint density at radius 1 is 1.28 bits per heavy atom. The zero-order valence-electron chi connectivity index (χ0n) is 13.2. The fourth-order valence-corrected chi connectivity index (χ4v) is 2.91. The molecule has 0 amide bonds. The van der Waals surface area contributed by atoms with Gasteiger partial charge in [0.05, 0.1) is 5.56 Å². The van der Waals surface area contributed by atoms with Gasteiger partial charge in [-0.1, -0.05) is 6.07 Å². The van der Waals surface area contributed by atoms with Gasteiger partial charge < -0.3 is 4.98 Å². The van der Waals surface area contributed by atoms with Gasteiger partial charge in [0.2, 0.25) is 0 Å². The molecule has 1 fully saturated rings. The molecule has 1 aliphatic carbocycles. The lowest BCUT2D eigenvalue weighted by molar-refractivity contribution is -0.140. The number of carbonyl (C=O) groups is 1. The fourth-order valence-electron chi connectivity index (χ4n) is 2.91. The van der Waals surface area contributed by atoms with E-state index in [4.69, 9.17) is 0 Å². The molecule has 25 heavy (non-hydrogen) atoms. The summed E-state index contributed by atoms with van der Waals surface area (Å²) in [5, 5.41) is 0. The highest BCUT2D eigenvalue weighted by molar-refractivity contribution is 5.95. The van der Waals surface area contributed by atoms with E-state index in [-0.39, 0.29) is 12.1 Å². The Balaban J connectivity index is 1.87. The molecule has 1 aromatic heterocycles. The van der Waals surface area contributed by atoms with Crippen LogP contribution in [0.15, 0.2) is 29.1 Å². The molecule has 3 rings (SSSR count). The van der Waals surface area contributed by atoms with Crippen molar-refractivity contribution in [3.8, 4) is 0 Å². The van der Waals surface area contributed by atoms with Crippen LogP contribution in [0.1, 0.15) is 46.7 Å². The van der Waals surface area contributed by atoms with Gasteiger partial charge in [-0.2, -0.15) is 13.2 Å². The van der Waals surface area contributed by atoms with Crippen LogP contribution in [-0.4, -0.2) is 15.8 Å². The molecule has 0 unspecified atom stereocenters. The maximum Gasteiger partial charge on any atom is 0.419 e. The standard InChI is InChI=1S/C17H14F4N2O2/c1-9-22-13(7-15(25)23-9)14(24)8-16(4-5-16)10-2-3-11(12(18)6-10)17(19,20)21/h2-3,6-7H,4-5,8H2,1H3,(H,22,23,25). The van der Waals surface area contributed by atoms with E-state index >= 15 is 0 Å². The third-order valence-electron chi connectivity index (χ3n) is 4.39. The Labute approximate surface area is 139 Å². The monoisotopic (exact) mass is 354 g/mol. The molecule has 132 valence electrons. The second kappa shape index (κ2) is 5.79. The highest BCUT2D eigenvalue weighted by Gasteiger charge is 2.47. The van der Waals surface area contributed by atoms with Crippen LogP contribution in [0.4, 0.5) is 17.6 Å². The normalized spacial score (nSPS) is 15.9. The second-order valence-corrected chi connectivity index (χ2v) is 6.29. The molecular weight excluding hydrogens is 340 g/mol. The molecule has 1 heterocycles. The predicted molar refractivity (Wildman–Crippen MR) is 80.9 cm³/mol. The summed E-state index contributed by atoms with van der Waals surface area (Å²) in [7, 11) is 0. The third kappa shape index (κ3) is 3.47. The summed E-state index contributed by atoms with van der Waals surface area (Å²) in [5.41, 5.74) is -2.13. The minimum absolute atomic E-state index is 0.0000846.